The molecule has 6 nitrogen and oxygen atoms in total. The van der Waals surface area contributed by atoms with Gasteiger partial charge in [-0.15, -0.1) is 0 Å². The van der Waals surface area contributed by atoms with Crippen molar-refractivity contribution in [1.82, 2.24) is 9.80 Å². The maximum Gasteiger partial charge on any atom is 0.238 e. The second-order valence-corrected chi connectivity index (χ2v) is 7.43. The summed E-state index contributed by atoms with van der Waals surface area (Å²) in [6, 6.07) is 12.9. The highest BCUT2D eigenvalue weighted by Crippen LogP contribution is 2.20. The number of aliphatic hydroxyl groups excluding tert-OH is 1. The Hall–Kier alpha value is -2.19. The van der Waals surface area contributed by atoms with Crippen LogP contribution in [-0.2, 0) is 4.79 Å². The van der Waals surface area contributed by atoms with E-state index in [1.165, 1.54) is 24.3 Å². The van der Waals surface area contributed by atoms with Crippen LogP contribution in [0.25, 0.3) is 0 Å². The molecule has 29 heavy (non-hydrogen) atoms. The summed E-state index contributed by atoms with van der Waals surface area (Å²) in [5.41, 5.74) is 0.613. The number of benzene rings is 2. The Labute approximate surface area is 174 Å². The third kappa shape index (κ3) is 6.97. The average Bonchev–Trinajstić information content (AvgIpc) is 2.71. The lowest BCUT2D eigenvalue weighted by atomic mass is 10.2. The Morgan fingerprint density at radius 2 is 1.76 bits per heavy atom. The van der Waals surface area contributed by atoms with Gasteiger partial charge in [-0.1, -0.05) is 23.7 Å². The monoisotopic (exact) mass is 421 g/mol. The van der Waals surface area contributed by atoms with Crippen molar-refractivity contribution in [2.24, 2.45) is 0 Å². The quantitative estimate of drug-likeness (QED) is 0.685. The van der Waals surface area contributed by atoms with Gasteiger partial charge in [-0.2, -0.15) is 0 Å². The van der Waals surface area contributed by atoms with Crippen molar-refractivity contribution in [3.05, 3.63) is 59.4 Å². The number of piperazine rings is 1. The van der Waals surface area contributed by atoms with E-state index in [2.05, 4.69) is 15.1 Å². The number of β-amino-alcohol motifs (C(OH)–C–C–N with tert-alkyl or cyclic N) is 1. The molecule has 0 aliphatic carbocycles. The Morgan fingerprint density at radius 3 is 2.45 bits per heavy atom. The van der Waals surface area contributed by atoms with Crippen molar-refractivity contribution in [2.45, 2.75) is 6.10 Å². The number of nitrogens with one attached hydrogen (secondary N) is 1. The predicted octanol–water partition coefficient (Wildman–Crippen LogP) is 2.48. The zero-order chi connectivity index (χ0) is 20.6. The number of aliphatic hydroxyl groups is 1. The zero-order valence-electron chi connectivity index (χ0n) is 16.1. The number of rotatable bonds is 8. The van der Waals surface area contributed by atoms with Crippen LogP contribution in [0.15, 0.2) is 48.5 Å². The molecule has 1 heterocycles. The SMILES string of the molecule is O=C(CN1CCN(CC(O)COc2ccc(F)cc2)CC1)Nc1ccccc1Cl. The normalized spacial score (nSPS) is 16.4. The minimum atomic E-state index is -0.643. The number of para-hydroxylation sites is 1. The fourth-order valence-corrected chi connectivity index (χ4v) is 3.34. The van der Waals surface area contributed by atoms with Gasteiger partial charge in [-0.25, -0.2) is 4.39 Å². The molecule has 8 heteroatoms. The minimum absolute atomic E-state index is 0.0979. The highest BCUT2D eigenvalue weighted by molar-refractivity contribution is 6.33. The van der Waals surface area contributed by atoms with E-state index in [1.54, 1.807) is 12.1 Å². The van der Waals surface area contributed by atoms with Gasteiger partial charge < -0.3 is 15.2 Å². The van der Waals surface area contributed by atoms with Crippen LogP contribution < -0.4 is 10.1 Å². The van der Waals surface area contributed by atoms with Crippen molar-refractivity contribution in [3.63, 3.8) is 0 Å². The Kier molecular flexibility index (Phi) is 7.83. The van der Waals surface area contributed by atoms with Gasteiger partial charge in [0.25, 0.3) is 0 Å². The third-order valence-electron chi connectivity index (χ3n) is 4.71. The van der Waals surface area contributed by atoms with E-state index in [-0.39, 0.29) is 18.3 Å². The number of halogens is 2. The van der Waals surface area contributed by atoms with E-state index < -0.39 is 6.10 Å². The number of hydrogen-bond acceptors (Lipinski definition) is 5. The second-order valence-electron chi connectivity index (χ2n) is 7.02. The largest absolute Gasteiger partial charge is 0.491 e. The van der Waals surface area contributed by atoms with Crippen LogP contribution >= 0.6 is 11.6 Å². The molecular weight excluding hydrogens is 397 g/mol. The highest BCUT2D eigenvalue weighted by atomic mass is 35.5. The summed E-state index contributed by atoms with van der Waals surface area (Å²) in [5.74, 6) is 0.107. The summed E-state index contributed by atoms with van der Waals surface area (Å²) in [6.07, 6.45) is -0.643. The van der Waals surface area contributed by atoms with Crippen LogP contribution in [0.5, 0.6) is 5.75 Å². The molecule has 0 spiro atoms. The molecule has 0 bridgehead atoms. The molecule has 1 saturated heterocycles. The molecule has 1 aliphatic rings. The topological polar surface area (TPSA) is 65.0 Å². The molecule has 1 amide bonds. The number of anilines is 1. The van der Waals surface area contributed by atoms with Crippen LogP contribution in [-0.4, -0.2) is 72.8 Å². The maximum absolute atomic E-state index is 12.9. The van der Waals surface area contributed by atoms with E-state index in [1.807, 2.05) is 12.1 Å². The molecule has 1 unspecified atom stereocenters. The zero-order valence-corrected chi connectivity index (χ0v) is 16.8. The van der Waals surface area contributed by atoms with E-state index in [9.17, 15) is 14.3 Å². The van der Waals surface area contributed by atoms with Gasteiger partial charge in [0, 0.05) is 32.7 Å². The van der Waals surface area contributed by atoms with Crippen LogP contribution in [0, 0.1) is 5.82 Å². The lowest BCUT2D eigenvalue weighted by molar-refractivity contribution is -0.117. The van der Waals surface area contributed by atoms with Crippen LogP contribution in [0.3, 0.4) is 0 Å². The van der Waals surface area contributed by atoms with Gasteiger partial charge in [0.2, 0.25) is 5.91 Å². The van der Waals surface area contributed by atoms with E-state index in [0.717, 1.165) is 26.2 Å². The summed E-state index contributed by atoms with van der Waals surface area (Å²) < 4.78 is 18.4. The Morgan fingerprint density at radius 1 is 1.10 bits per heavy atom. The Balaban J connectivity index is 1.35. The van der Waals surface area contributed by atoms with Gasteiger partial charge in [0.05, 0.1) is 17.3 Å². The molecule has 156 valence electrons. The van der Waals surface area contributed by atoms with E-state index in [0.29, 0.717) is 29.5 Å². The third-order valence-corrected chi connectivity index (χ3v) is 5.03. The number of ether oxygens (including phenoxy) is 1. The molecule has 0 saturated carbocycles. The summed E-state index contributed by atoms with van der Waals surface area (Å²) in [6.45, 7) is 3.92. The molecule has 1 atom stereocenters. The van der Waals surface area contributed by atoms with Crippen molar-refractivity contribution in [2.75, 3.05) is 51.2 Å². The first-order valence-corrected chi connectivity index (χ1v) is 9.93. The smallest absolute Gasteiger partial charge is 0.238 e. The van der Waals surface area contributed by atoms with Crippen molar-refractivity contribution < 1.29 is 19.0 Å². The lowest BCUT2D eigenvalue weighted by Crippen LogP contribution is -2.50. The van der Waals surface area contributed by atoms with Gasteiger partial charge in [-0.05, 0) is 36.4 Å². The van der Waals surface area contributed by atoms with Crippen LogP contribution in [0.1, 0.15) is 0 Å². The average molecular weight is 422 g/mol. The predicted molar refractivity (Wildman–Crippen MR) is 111 cm³/mol. The number of nitrogens with zero attached hydrogens (tertiary/aromatic N) is 2. The fourth-order valence-electron chi connectivity index (χ4n) is 3.16. The standard InChI is InChI=1S/C21H25ClFN3O3/c22-19-3-1-2-4-20(19)24-21(28)14-26-11-9-25(10-12-26)13-17(27)15-29-18-7-5-16(23)6-8-18/h1-8,17,27H,9-15H2,(H,24,28). The molecule has 0 aromatic heterocycles. The highest BCUT2D eigenvalue weighted by Gasteiger charge is 2.21. The molecule has 2 aromatic carbocycles. The number of amides is 1. The summed E-state index contributed by atoms with van der Waals surface area (Å²) >= 11 is 6.06. The van der Waals surface area contributed by atoms with Crippen LogP contribution in [0.4, 0.5) is 10.1 Å². The van der Waals surface area contributed by atoms with Crippen molar-refractivity contribution in [1.29, 1.82) is 0 Å². The first kappa shape index (κ1) is 21.5. The van der Waals surface area contributed by atoms with Gasteiger partial charge in [-0.3, -0.25) is 14.6 Å². The minimum Gasteiger partial charge on any atom is -0.491 e. The summed E-state index contributed by atoms with van der Waals surface area (Å²) in [4.78, 5) is 16.4. The number of carbonyl (C=O) groups excluding carboxylic acids is 1. The van der Waals surface area contributed by atoms with Gasteiger partial charge in [0.15, 0.2) is 0 Å². The van der Waals surface area contributed by atoms with Crippen molar-refractivity contribution in [3.8, 4) is 5.75 Å². The first-order valence-electron chi connectivity index (χ1n) is 9.55. The fraction of sp³-hybridized carbons (Fsp3) is 0.381. The van der Waals surface area contributed by atoms with Gasteiger partial charge >= 0.3 is 0 Å². The Bertz CT molecular complexity index is 798. The molecule has 3 rings (SSSR count). The summed E-state index contributed by atoms with van der Waals surface area (Å²) in [5, 5.41) is 13.5. The van der Waals surface area contributed by atoms with Crippen molar-refractivity contribution >= 4 is 23.2 Å². The summed E-state index contributed by atoms with van der Waals surface area (Å²) in [7, 11) is 0. The van der Waals surface area contributed by atoms with E-state index >= 15 is 0 Å². The van der Waals surface area contributed by atoms with E-state index in [4.69, 9.17) is 16.3 Å². The molecule has 0 radical (unpaired) electrons. The lowest BCUT2D eigenvalue weighted by Gasteiger charge is -2.35. The van der Waals surface area contributed by atoms with Crippen LogP contribution in [0.2, 0.25) is 5.02 Å². The number of carbonyl (C=O) groups is 1. The molecule has 2 N–H and O–H groups in total. The first-order chi connectivity index (χ1) is 14.0. The molecule has 1 aliphatic heterocycles. The molecule has 2 aromatic rings. The number of hydrogen-bond donors (Lipinski definition) is 2. The van der Waals surface area contributed by atoms with Gasteiger partial charge in [0.1, 0.15) is 24.3 Å². The molecule has 1 fully saturated rings. The second kappa shape index (κ2) is 10.5. The maximum atomic E-state index is 12.9. The molecular formula is C21H25ClFN3O3.